The number of aryl methyl sites for hydroxylation is 2. The first-order valence-electron chi connectivity index (χ1n) is 11.1. The standard InChI is InChI=1S/C26H23N5O4S/c1-4-23-30-31-24(32)13-19(28-26(31)36-23)15-35-21-10-9-17(12-22(21)34-3)11-18(14-27)25(33)29-20-8-6-5-7-16(20)2/h5-13H,4,15H2,1-3H3,(H,29,33)/b18-11+. The minimum atomic E-state index is -0.506. The number of hydrogen-bond acceptors (Lipinski definition) is 8. The molecule has 0 spiro atoms. The van der Waals surface area contributed by atoms with Gasteiger partial charge in [-0.25, -0.2) is 4.98 Å². The lowest BCUT2D eigenvalue weighted by Gasteiger charge is -2.11. The molecule has 0 saturated carbocycles. The monoisotopic (exact) mass is 501 g/mol. The quantitative estimate of drug-likeness (QED) is 0.284. The smallest absolute Gasteiger partial charge is 0.275 e. The molecule has 0 bridgehead atoms. The molecule has 0 saturated heterocycles. The number of hydrogen-bond donors (Lipinski definition) is 1. The number of aromatic nitrogens is 3. The molecule has 0 aliphatic carbocycles. The van der Waals surface area contributed by atoms with Crippen LogP contribution < -0.4 is 20.3 Å². The third-order valence-corrected chi connectivity index (χ3v) is 6.33. The molecule has 1 N–H and O–H groups in total. The maximum absolute atomic E-state index is 12.6. The minimum Gasteiger partial charge on any atom is -0.493 e. The van der Waals surface area contributed by atoms with E-state index in [4.69, 9.17) is 9.47 Å². The molecule has 0 unspecified atom stereocenters. The van der Waals surface area contributed by atoms with Gasteiger partial charge in [0.05, 0.1) is 12.8 Å². The van der Waals surface area contributed by atoms with Gasteiger partial charge in [-0.1, -0.05) is 42.5 Å². The van der Waals surface area contributed by atoms with Gasteiger partial charge >= 0.3 is 0 Å². The molecule has 0 aliphatic heterocycles. The highest BCUT2D eigenvalue weighted by Crippen LogP contribution is 2.30. The Hall–Kier alpha value is -4.49. The minimum absolute atomic E-state index is 0.0528. The Kier molecular flexibility index (Phi) is 7.42. The number of rotatable bonds is 8. The second kappa shape index (κ2) is 10.8. The van der Waals surface area contributed by atoms with E-state index in [9.17, 15) is 14.9 Å². The number of methoxy groups -OCH3 is 1. The molecular formula is C26H23N5O4S. The number of para-hydroxylation sites is 1. The molecule has 9 nitrogen and oxygen atoms in total. The van der Waals surface area contributed by atoms with Crippen LogP contribution in [-0.4, -0.2) is 27.6 Å². The van der Waals surface area contributed by atoms with Crippen LogP contribution in [0.5, 0.6) is 11.5 Å². The van der Waals surface area contributed by atoms with E-state index >= 15 is 0 Å². The number of anilines is 1. The molecule has 0 atom stereocenters. The second-order valence-corrected chi connectivity index (χ2v) is 8.81. The van der Waals surface area contributed by atoms with Crippen molar-refractivity contribution < 1.29 is 14.3 Å². The van der Waals surface area contributed by atoms with Crippen molar-refractivity contribution in [2.75, 3.05) is 12.4 Å². The van der Waals surface area contributed by atoms with Crippen LogP contribution in [0.1, 0.15) is 28.8 Å². The van der Waals surface area contributed by atoms with Gasteiger partial charge in [0.2, 0.25) is 4.96 Å². The van der Waals surface area contributed by atoms with Crippen molar-refractivity contribution in [3.05, 3.63) is 86.3 Å². The van der Waals surface area contributed by atoms with Crippen LogP contribution in [0.3, 0.4) is 0 Å². The zero-order valence-corrected chi connectivity index (χ0v) is 20.8. The fraction of sp³-hybridized carbons (Fsp3) is 0.192. The van der Waals surface area contributed by atoms with Crippen LogP contribution in [0.25, 0.3) is 11.0 Å². The molecule has 36 heavy (non-hydrogen) atoms. The first-order chi connectivity index (χ1) is 17.4. The predicted octanol–water partition coefficient (Wildman–Crippen LogP) is 4.16. The van der Waals surface area contributed by atoms with Crippen molar-refractivity contribution in [3.8, 4) is 17.6 Å². The van der Waals surface area contributed by atoms with Crippen LogP contribution >= 0.6 is 11.3 Å². The van der Waals surface area contributed by atoms with Gasteiger partial charge in [0.25, 0.3) is 11.5 Å². The number of amides is 1. The van der Waals surface area contributed by atoms with E-state index in [1.807, 2.05) is 38.1 Å². The molecule has 2 aromatic heterocycles. The van der Waals surface area contributed by atoms with Crippen molar-refractivity contribution in [1.29, 1.82) is 5.26 Å². The highest BCUT2D eigenvalue weighted by molar-refractivity contribution is 7.16. The predicted molar refractivity (Wildman–Crippen MR) is 137 cm³/mol. The van der Waals surface area contributed by atoms with E-state index in [1.54, 1.807) is 24.3 Å². The molecule has 10 heteroatoms. The zero-order valence-electron chi connectivity index (χ0n) is 19.9. The van der Waals surface area contributed by atoms with E-state index < -0.39 is 5.91 Å². The van der Waals surface area contributed by atoms with E-state index in [1.165, 1.54) is 35.1 Å². The Labute approximate surface area is 211 Å². The molecule has 2 aromatic carbocycles. The summed E-state index contributed by atoms with van der Waals surface area (Å²) in [6.45, 7) is 3.89. The number of nitriles is 1. The normalized spacial score (nSPS) is 11.2. The molecule has 182 valence electrons. The summed E-state index contributed by atoms with van der Waals surface area (Å²) in [5.74, 6) is 0.329. The van der Waals surface area contributed by atoms with Gasteiger partial charge in [-0.2, -0.15) is 14.9 Å². The summed E-state index contributed by atoms with van der Waals surface area (Å²) in [7, 11) is 1.49. The van der Waals surface area contributed by atoms with Gasteiger partial charge in [0, 0.05) is 11.8 Å². The Bertz CT molecular complexity index is 1560. The second-order valence-electron chi connectivity index (χ2n) is 7.77. The summed E-state index contributed by atoms with van der Waals surface area (Å²) in [5.41, 5.74) is 2.27. The lowest BCUT2D eigenvalue weighted by Crippen LogP contribution is -2.16. The number of carbonyl (C=O) groups is 1. The molecular weight excluding hydrogens is 478 g/mol. The van der Waals surface area contributed by atoms with Crippen LogP contribution in [0.4, 0.5) is 5.69 Å². The Morgan fingerprint density at radius 2 is 2.03 bits per heavy atom. The van der Waals surface area contributed by atoms with Gasteiger partial charge in [-0.05, 0) is 48.7 Å². The Morgan fingerprint density at radius 1 is 1.22 bits per heavy atom. The van der Waals surface area contributed by atoms with Crippen LogP contribution in [0, 0.1) is 18.3 Å². The molecule has 4 aromatic rings. The summed E-state index contributed by atoms with van der Waals surface area (Å²) in [4.78, 5) is 30.0. The fourth-order valence-electron chi connectivity index (χ4n) is 3.38. The molecule has 0 fully saturated rings. The first kappa shape index (κ1) is 24.6. The highest BCUT2D eigenvalue weighted by atomic mass is 32.1. The number of nitrogens with one attached hydrogen (secondary N) is 1. The topological polar surface area (TPSA) is 119 Å². The zero-order chi connectivity index (χ0) is 25.7. The van der Waals surface area contributed by atoms with Gasteiger partial charge < -0.3 is 14.8 Å². The molecule has 4 rings (SSSR count). The average Bonchev–Trinajstić information content (AvgIpc) is 3.31. The Balaban J connectivity index is 1.51. The maximum atomic E-state index is 12.6. The molecule has 1 amide bonds. The van der Waals surface area contributed by atoms with E-state index in [-0.39, 0.29) is 17.7 Å². The van der Waals surface area contributed by atoms with Gasteiger partial charge in [0.15, 0.2) is 11.5 Å². The summed E-state index contributed by atoms with van der Waals surface area (Å²) in [5, 5.41) is 17.4. The van der Waals surface area contributed by atoms with Crippen molar-refractivity contribution in [3.63, 3.8) is 0 Å². The number of nitrogens with zero attached hydrogens (tertiary/aromatic N) is 4. The van der Waals surface area contributed by atoms with Crippen LogP contribution in [-0.2, 0) is 17.8 Å². The van der Waals surface area contributed by atoms with Crippen molar-refractivity contribution in [2.45, 2.75) is 26.9 Å². The summed E-state index contributed by atoms with van der Waals surface area (Å²) in [6, 6.07) is 15.7. The van der Waals surface area contributed by atoms with E-state index in [0.717, 1.165) is 17.0 Å². The van der Waals surface area contributed by atoms with Crippen molar-refractivity contribution in [1.82, 2.24) is 14.6 Å². The Morgan fingerprint density at radius 3 is 2.75 bits per heavy atom. The maximum Gasteiger partial charge on any atom is 0.275 e. The van der Waals surface area contributed by atoms with Gasteiger partial charge in [-0.3, -0.25) is 9.59 Å². The number of fused-ring (bicyclic) bond motifs is 1. The third kappa shape index (κ3) is 5.42. The number of benzene rings is 2. The SMILES string of the molecule is CCc1nn2c(=O)cc(COc3ccc(/C=C(\C#N)C(=O)Nc4ccccc4C)cc3OC)nc2s1. The summed E-state index contributed by atoms with van der Waals surface area (Å²) in [6.07, 6.45) is 2.20. The van der Waals surface area contributed by atoms with Crippen molar-refractivity contribution >= 4 is 34.0 Å². The molecule has 0 aliphatic rings. The average molecular weight is 502 g/mol. The van der Waals surface area contributed by atoms with Gasteiger partial charge in [-0.15, -0.1) is 0 Å². The largest absolute Gasteiger partial charge is 0.493 e. The molecule has 0 radical (unpaired) electrons. The fourth-order valence-corrected chi connectivity index (χ4v) is 4.23. The van der Waals surface area contributed by atoms with E-state index in [2.05, 4.69) is 15.4 Å². The third-order valence-electron chi connectivity index (χ3n) is 5.27. The number of ether oxygens (including phenoxy) is 2. The molecule has 2 heterocycles. The van der Waals surface area contributed by atoms with Crippen LogP contribution in [0.2, 0.25) is 0 Å². The summed E-state index contributed by atoms with van der Waals surface area (Å²) < 4.78 is 12.6. The lowest BCUT2D eigenvalue weighted by molar-refractivity contribution is -0.112. The lowest BCUT2D eigenvalue weighted by atomic mass is 10.1. The van der Waals surface area contributed by atoms with Crippen LogP contribution in [0.15, 0.2) is 58.9 Å². The highest BCUT2D eigenvalue weighted by Gasteiger charge is 2.13. The van der Waals surface area contributed by atoms with E-state index in [0.29, 0.717) is 33.4 Å². The first-order valence-corrected chi connectivity index (χ1v) is 11.9. The van der Waals surface area contributed by atoms with Gasteiger partial charge in [0.1, 0.15) is 23.3 Å². The van der Waals surface area contributed by atoms with Crippen molar-refractivity contribution in [2.24, 2.45) is 0 Å². The summed E-state index contributed by atoms with van der Waals surface area (Å²) >= 11 is 1.36. The number of carbonyl (C=O) groups excluding carboxylic acids is 1.